The van der Waals surface area contributed by atoms with Crippen LogP contribution in [0.2, 0.25) is 0 Å². The first kappa shape index (κ1) is 58.2. The summed E-state index contributed by atoms with van der Waals surface area (Å²) >= 11 is 0. The Morgan fingerprint density at radius 3 is 0.566 bits per heavy atom. The maximum Gasteiger partial charge on any atom is 0.409 e. The third-order valence-electron chi connectivity index (χ3n) is 21.0. The molecule has 0 radical (unpaired) electrons. The Kier molecular flexibility index (Phi) is 20.9. The lowest BCUT2D eigenvalue weighted by Gasteiger charge is -2.26. The zero-order valence-electron chi connectivity index (χ0n) is 124. The van der Waals surface area contributed by atoms with Gasteiger partial charge < -0.3 is 27.8 Å². The van der Waals surface area contributed by atoms with Gasteiger partial charge in [-0.05, 0) is 439 Å². The maximum absolute atomic E-state index is 7.96. The minimum atomic E-state index is -3.71. The van der Waals surface area contributed by atoms with Gasteiger partial charge in [0.15, 0.2) is 0 Å². The minimum absolute atomic E-state index is 0.0412. The summed E-state index contributed by atoms with van der Waals surface area (Å²) in [4.78, 5) is 0. The van der Waals surface area contributed by atoms with E-state index in [9.17, 15) is 0 Å². The smallest absolute Gasteiger partial charge is 0.409 e. The molecule has 0 saturated carbocycles. The van der Waals surface area contributed by atoms with Gasteiger partial charge in [-0.1, -0.05) is 287 Å². The van der Waals surface area contributed by atoms with E-state index in [1.54, 1.807) is 187 Å². The van der Waals surface area contributed by atoms with E-state index in [4.69, 9.17) is 89.5 Å². The highest BCUT2D eigenvalue weighted by Crippen LogP contribution is 2.50. The van der Waals surface area contributed by atoms with Gasteiger partial charge in [0.1, 0.15) is 34.5 Å². The Morgan fingerprint density at radius 1 is 0.206 bits per heavy atom. The van der Waals surface area contributed by atoms with E-state index in [-0.39, 0.29) is 118 Å². The van der Waals surface area contributed by atoms with Gasteiger partial charge in [0, 0.05) is 74.1 Å². The van der Waals surface area contributed by atoms with E-state index in [1.807, 2.05) is 89.2 Å². The van der Waals surface area contributed by atoms with Crippen molar-refractivity contribution in [3.63, 3.8) is 0 Å². The first-order valence-electron chi connectivity index (χ1n) is 66.9. The highest BCUT2D eigenvalue weighted by molar-refractivity contribution is 7.60. The van der Waals surface area contributed by atoms with Crippen LogP contribution in [0.15, 0.2) is 273 Å². The summed E-state index contributed by atoms with van der Waals surface area (Å²) in [7, 11) is -2.84. The molecule has 0 aliphatic carbocycles. The van der Waals surface area contributed by atoms with Crippen LogP contribution in [-0.4, -0.2) is 19.1 Å². The number of hydrogen-bond acceptors (Lipinski definition) is 6. The molecule has 0 aliphatic heterocycles. The van der Waals surface area contributed by atoms with E-state index < -0.39 is 117 Å². The Labute approximate surface area is 882 Å². The lowest BCUT2D eigenvalue weighted by molar-refractivity contribution is -0.140. The van der Waals surface area contributed by atoms with Gasteiger partial charge in [-0.2, -0.15) is 0 Å². The molecule has 15 aromatic rings. The van der Waals surface area contributed by atoms with Gasteiger partial charge in [0.05, 0.1) is 0 Å². The van der Waals surface area contributed by atoms with Gasteiger partial charge in [-0.15, -0.1) is 8.20 Å². The van der Waals surface area contributed by atoms with Gasteiger partial charge >= 0.3 is 14.0 Å². The van der Waals surface area contributed by atoms with Crippen molar-refractivity contribution in [1.82, 2.24) is 0 Å². The lowest BCUT2D eigenvalue weighted by Crippen LogP contribution is -2.30. The molecule has 6 nitrogen and oxygen atoms in total. The van der Waals surface area contributed by atoms with Crippen molar-refractivity contribution in [3.8, 4) is 34.5 Å². The summed E-state index contributed by atoms with van der Waals surface area (Å²) in [5, 5.41) is 0. The molecule has 704 valence electrons. The van der Waals surface area contributed by atoms with Crippen molar-refractivity contribution >= 4 is 28.4 Å². The Balaban J connectivity index is 0.000000210. The molecule has 0 amide bonds. The summed E-state index contributed by atoms with van der Waals surface area (Å²) in [5.41, 5.74) is 20.7. The van der Waals surface area contributed by atoms with Crippen LogP contribution in [0.1, 0.15) is 293 Å². The Morgan fingerprint density at radius 2 is 0.353 bits per heavy atom. The molecule has 0 N–H and O–H groups in total. The van der Waals surface area contributed by atoms with Crippen molar-refractivity contribution < 1.29 is 89.5 Å². The number of benzene rings is 15. The van der Waals surface area contributed by atoms with Gasteiger partial charge in [0.25, 0.3) is 0 Å². The van der Waals surface area contributed by atoms with E-state index >= 15 is 0 Å². The highest BCUT2D eigenvalue weighted by Gasteiger charge is 2.26. The summed E-state index contributed by atoms with van der Waals surface area (Å²) in [6.07, 6.45) is 12.2. The van der Waals surface area contributed by atoms with E-state index in [2.05, 4.69) is 12.6 Å². The molecule has 0 bridgehead atoms. The summed E-state index contributed by atoms with van der Waals surface area (Å²) in [5.74, 6) is 0.779. The van der Waals surface area contributed by atoms with Crippen LogP contribution in [0.5, 0.6) is 34.5 Å². The largest absolute Gasteiger partial charge is 0.423 e. The predicted octanol–water partition coefficient (Wildman–Crippen LogP) is 33.9. The average molecular weight is 1890 g/mol. The second-order valence-corrected chi connectivity index (χ2v) is 37.3. The fourth-order valence-electron chi connectivity index (χ4n) is 16.2. The predicted molar refractivity (Wildman–Crippen MR) is 585 cm³/mol. The van der Waals surface area contributed by atoms with Gasteiger partial charge in [0.2, 0.25) is 0 Å². The molecule has 15 rings (SSSR count). The molecule has 0 unspecified atom stereocenters. The summed E-state index contributed by atoms with van der Waals surface area (Å²) in [6, 6.07) is 73.8. The number of hydrogen-bond donors (Lipinski definition) is 0. The molecule has 8 heteroatoms. The van der Waals surface area contributed by atoms with Crippen LogP contribution >= 0.6 is 15.8 Å². The number of ether oxygens (including phenoxy) is 3. The SMILES string of the molecule is [2H]C([2H])([2H])c1cc(C)cc(Cc2cc(Cc3cc(CC)cc(C([2H])([2H])[2H])c3)cc(C([2H])([2H])[2H])c2)c1.[2H]C([2H])([2H])c1cc(C)cc(Cc2cc(Cc3cc(CC)cc(C([2H])([2H])[2H])c3)cc(C([2H])([2H])[2H])c2)c1.[2H]C([2H])([2H])c1cc(C)cc(Cc2cc(Cc3cc(CP=C)cc(C([2H])([2H])[2H])c3)cc(C([2H])([2H])[2H])c2)c1.[2H]C([2H])([2H])c1cc(C)cc(OC(Oc2cc(C)cc(C([2H])([2H])[2H])c2)Oc2cc(C)cc(C([2H])([2H])[2H])c2)c1.[2H]C([2H])([2H])c1cc(C)cc(OP(=C)(Oc2cc(C)cc(C([2H])([2H])[2H])c2)Oc2cc(C)cc(C([2H])([2H])[2H])c2)c1. The van der Waals surface area contributed by atoms with Gasteiger partial charge in [-0.25, -0.2) is 0 Å². The Bertz CT molecular complexity index is 8070. The second-order valence-electron chi connectivity index (χ2n) is 34.7. The molecule has 0 heterocycles. The van der Waals surface area contributed by atoms with Crippen molar-refractivity contribution in [1.29, 1.82) is 0 Å². The lowest BCUT2D eigenvalue weighted by atomic mass is 9.94. The topological polar surface area (TPSA) is 55.4 Å². The molecule has 0 spiro atoms. The van der Waals surface area contributed by atoms with Crippen LogP contribution in [0.25, 0.3) is 0 Å². The summed E-state index contributed by atoms with van der Waals surface area (Å²) in [6.45, 7) is -16.4. The molecule has 0 atom stereocenters. The van der Waals surface area contributed by atoms with Crippen molar-refractivity contribution in [2.45, 2.75) is 243 Å². The third-order valence-corrected chi connectivity index (χ3v) is 23.1. The van der Waals surface area contributed by atoms with Crippen LogP contribution in [0.4, 0.5) is 0 Å². The zero-order valence-corrected chi connectivity index (χ0v) is 80.5. The molecular weight excluding hydrogens is 1700 g/mol. The Hall–Kier alpha value is -12.4. The number of aryl methyl sites for hydroxylation is 26. The fraction of sp³-hybridized carbons (Fsp3) is 0.281. The average Bonchev–Trinajstić information content (AvgIpc) is 0.791. The van der Waals surface area contributed by atoms with Crippen LogP contribution in [0, 0.1) is 165 Å². The van der Waals surface area contributed by atoms with Crippen LogP contribution < -0.4 is 27.8 Å². The first-order valence-corrected chi connectivity index (χ1v) is 47.4. The van der Waals surface area contributed by atoms with E-state index in [1.165, 1.54) is 72.8 Å². The quantitative estimate of drug-likeness (QED) is 0.0360. The maximum atomic E-state index is 7.96. The highest BCUT2D eigenvalue weighted by atomic mass is 31.2. The number of rotatable bonds is 28. The van der Waals surface area contributed by atoms with Crippen molar-refractivity contribution in [2.24, 2.45) is 0 Å². The molecule has 15 aromatic carbocycles. The molecule has 0 saturated heterocycles. The van der Waals surface area contributed by atoms with Gasteiger partial charge in [-0.3, -0.25) is 0 Å². The van der Waals surface area contributed by atoms with Crippen molar-refractivity contribution in [3.05, 3.63) is 490 Å². The monoisotopic (exact) mass is 1890 g/mol. The molecule has 0 fully saturated rings. The van der Waals surface area contributed by atoms with Crippen molar-refractivity contribution in [2.75, 3.05) is 0 Å². The molecular formula is C128H146O6P2. The standard InChI is InChI=1S/C26H29P.2C26H30.C25H29O3P.C25H28O3/c1-18-6-19(2)8-22(7-18)13-23-9-20(3)10-24(14-23)15-25-11-21(4)12-26(16-25)17-27-5;2*1-6-22-8-20(4)11-24(14-22)16-26-13-21(5)12-25(17-26)15-23-9-18(2)7-19(3)10-23;1-17-8-18(2)12-23(11-17)26-29(7,27-24-13-19(3)9-20(4)14-24)28-25-15-21(5)10-22(6)16-25;1-16-7-17(2)11-22(10-16)26-25(27-23-12-18(3)8-19(4)13-23)28-24-14-20(5)9-21(6)15-24/h6-12,14,16H,5,13,15,17H2,1-4H3;2*7-14,17H,6,15-16H2,1-5H3;8-16H,7H2,1-6H3;7-15,25H,1-6H3/i1D3,3D3,4D3;2*2D3,4D3,5D3;2*1D3,3D3,5D3. The molecule has 0 aliphatic rings. The zero-order chi connectivity index (χ0) is 136. The van der Waals surface area contributed by atoms with Crippen LogP contribution in [0.3, 0.4) is 0 Å². The third kappa shape index (κ3) is 34.7. The minimum Gasteiger partial charge on any atom is -0.423 e. The summed E-state index contributed by atoms with van der Waals surface area (Å²) < 4.78 is 387. The molecule has 0 aromatic heterocycles. The fourth-order valence-corrected chi connectivity index (χ4v) is 18.1. The second kappa shape index (κ2) is 48.8. The first-order chi connectivity index (χ1) is 82.7. The molecule has 136 heavy (non-hydrogen) atoms. The van der Waals surface area contributed by atoms with E-state index in [0.29, 0.717) is 90.9 Å². The van der Waals surface area contributed by atoms with Crippen LogP contribution in [-0.2, 0) is 57.5 Å². The van der Waals surface area contributed by atoms with E-state index in [0.717, 1.165) is 108 Å². The normalized spacial score (nSPS) is 17.3.